The third-order valence-corrected chi connectivity index (χ3v) is 8.06. The molecule has 34 heavy (non-hydrogen) atoms. The van der Waals surface area contributed by atoms with E-state index in [2.05, 4.69) is 65.7 Å². The number of rotatable bonds is 9. The highest BCUT2D eigenvalue weighted by molar-refractivity contribution is 7.80. The second-order valence-electron chi connectivity index (χ2n) is 8.53. The first-order valence-electron chi connectivity index (χ1n) is 11.3. The van der Waals surface area contributed by atoms with Crippen LogP contribution in [0, 0.1) is 0 Å². The molecule has 1 N–H and O–H groups in total. The molecular weight excluding hydrogens is 467 g/mol. The van der Waals surface area contributed by atoms with Crippen LogP contribution in [0.25, 0.3) is 32.7 Å². The predicted molar refractivity (Wildman–Crippen MR) is 142 cm³/mol. The first kappa shape index (κ1) is 24.6. The number of benzene rings is 4. The van der Waals surface area contributed by atoms with E-state index < -0.39 is 16.5 Å². The molecule has 0 bridgehead atoms. The summed E-state index contributed by atoms with van der Waals surface area (Å²) >= 11 is 0. The Labute approximate surface area is 202 Å². The predicted octanol–water partition coefficient (Wildman–Crippen LogP) is 6.35. The zero-order valence-electron chi connectivity index (χ0n) is 19.5. The topological polar surface area (TPSA) is 72.8 Å². The summed E-state index contributed by atoms with van der Waals surface area (Å²) in [4.78, 5) is 0. The van der Waals surface area contributed by atoms with Gasteiger partial charge in [-0.05, 0) is 58.3 Å². The highest BCUT2D eigenvalue weighted by atomic mass is 32.3. The van der Waals surface area contributed by atoms with Crippen LogP contribution in [-0.2, 0) is 14.6 Å². The molecular formula is C27H29O5PS. The second-order valence-corrected chi connectivity index (χ2v) is 11.4. The van der Waals surface area contributed by atoms with E-state index in [4.69, 9.17) is 9.29 Å². The van der Waals surface area contributed by atoms with Crippen molar-refractivity contribution >= 4 is 45.8 Å². The highest BCUT2D eigenvalue weighted by Crippen LogP contribution is 2.42. The average Bonchev–Trinajstić information content (AvgIpc) is 2.81. The standard InChI is InChI=1S/C27H29O5PS/c1-18(32-34(28,29)30)12-13-19(2)33-25-17-15-21-9-5-7-11-23(21)27(25)26-22-10-6-4-8-20(22)14-16-24(26)31-3/h4-11,14-19,33H,12-13H2,1-3H3,(H,28,29,30)/t18-,19+/m0/s1. The van der Waals surface area contributed by atoms with Gasteiger partial charge < -0.3 is 4.74 Å². The Balaban J connectivity index is 1.77. The minimum atomic E-state index is -4.44. The summed E-state index contributed by atoms with van der Waals surface area (Å²) in [5, 5.41) is 5.89. The maximum atomic E-state index is 11.0. The number of hydrogen-bond acceptors (Lipinski definition) is 4. The molecule has 4 rings (SSSR count). The van der Waals surface area contributed by atoms with Crippen LogP contribution < -0.4 is 10.0 Å². The highest BCUT2D eigenvalue weighted by Gasteiger charge is 2.20. The van der Waals surface area contributed by atoms with Gasteiger partial charge in [0.25, 0.3) is 0 Å². The van der Waals surface area contributed by atoms with Crippen molar-refractivity contribution in [2.24, 2.45) is 0 Å². The van der Waals surface area contributed by atoms with Gasteiger partial charge in [-0.1, -0.05) is 82.2 Å². The van der Waals surface area contributed by atoms with Gasteiger partial charge in [0.15, 0.2) is 0 Å². The minimum absolute atomic E-state index is 0.299. The van der Waals surface area contributed by atoms with Crippen LogP contribution in [0.4, 0.5) is 0 Å². The molecule has 178 valence electrons. The fourth-order valence-corrected chi connectivity index (χ4v) is 6.36. The maximum Gasteiger partial charge on any atom is 0.397 e. The van der Waals surface area contributed by atoms with Gasteiger partial charge in [0, 0.05) is 11.1 Å². The molecule has 5 nitrogen and oxygen atoms in total. The van der Waals surface area contributed by atoms with E-state index in [0.29, 0.717) is 20.7 Å². The van der Waals surface area contributed by atoms with Crippen LogP contribution in [-0.4, -0.2) is 31.8 Å². The Morgan fingerprint density at radius 2 is 1.41 bits per heavy atom. The van der Waals surface area contributed by atoms with E-state index in [1.165, 1.54) is 21.6 Å². The lowest BCUT2D eigenvalue weighted by Gasteiger charge is -2.21. The fraction of sp³-hybridized carbons (Fsp3) is 0.259. The SMILES string of the molecule is COc1ccc2ccccc2c1-c1c(P[C@H](C)CC[C@H](C)OS(=O)(=O)O)ccc2ccccc12. The monoisotopic (exact) mass is 496 g/mol. The molecule has 0 heterocycles. The zero-order chi connectivity index (χ0) is 24.3. The lowest BCUT2D eigenvalue weighted by atomic mass is 9.93. The van der Waals surface area contributed by atoms with Gasteiger partial charge in [-0.25, -0.2) is 4.18 Å². The zero-order valence-corrected chi connectivity index (χ0v) is 21.3. The van der Waals surface area contributed by atoms with Crippen molar-refractivity contribution in [2.75, 3.05) is 7.11 Å². The van der Waals surface area contributed by atoms with E-state index in [1.54, 1.807) is 14.0 Å². The second kappa shape index (κ2) is 10.4. The van der Waals surface area contributed by atoms with Crippen LogP contribution >= 0.6 is 8.58 Å². The molecule has 0 aliphatic rings. The molecule has 7 heteroatoms. The molecule has 0 aliphatic carbocycles. The summed E-state index contributed by atoms with van der Waals surface area (Å²) < 4.78 is 41.4. The third-order valence-electron chi connectivity index (χ3n) is 5.98. The summed E-state index contributed by atoms with van der Waals surface area (Å²) in [5.74, 6) is 0.837. The Hall–Kier alpha value is -2.50. The average molecular weight is 497 g/mol. The van der Waals surface area contributed by atoms with Gasteiger partial charge >= 0.3 is 10.4 Å². The number of fused-ring (bicyclic) bond motifs is 2. The van der Waals surface area contributed by atoms with Crippen molar-refractivity contribution in [2.45, 2.75) is 38.5 Å². The van der Waals surface area contributed by atoms with Gasteiger partial charge in [0.2, 0.25) is 0 Å². The molecule has 0 amide bonds. The Kier molecular flexibility index (Phi) is 7.54. The fourth-order valence-electron chi connectivity index (χ4n) is 4.42. The van der Waals surface area contributed by atoms with Gasteiger partial charge in [-0.15, -0.1) is 0 Å². The number of hydrogen-bond donors (Lipinski definition) is 1. The maximum absolute atomic E-state index is 11.0. The Bertz CT molecular complexity index is 1420. The molecule has 1 unspecified atom stereocenters. The van der Waals surface area contributed by atoms with Crippen molar-refractivity contribution in [3.8, 4) is 16.9 Å². The van der Waals surface area contributed by atoms with Gasteiger partial charge in [-0.3, -0.25) is 4.55 Å². The van der Waals surface area contributed by atoms with Crippen LogP contribution in [0.3, 0.4) is 0 Å². The van der Waals surface area contributed by atoms with Crippen molar-refractivity contribution in [1.29, 1.82) is 0 Å². The minimum Gasteiger partial charge on any atom is -0.496 e. The molecule has 0 radical (unpaired) electrons. The van der Waals surface area contributed by atoms with E-state index in [-0.39, 0.29) is 0 Å². The van der Waals surface area contributed by atoms with E-state index in [1.807, 2.05) is 18.2 Å². The number of ether oxygens (including phenoxy) is 1. The van der Waals surface area contributed by atoms with Gasteiger partial charge in [-0.2, -0.15) is 8.42 Å². The van der Waals surface area contributed by atoms with Crippen molar-refractivity contribution in [3.63, 3.8) is 0 Å². The first-order chi connectivity index (χ1) is 16.3. The molecule has 0 aromatic heterocycles. The van der Waals surface area contributed by atoms with Crippen LogP contribution in [0.15, 0.2) is 72.8 Å². The molecule has 0 aliphatic heterocycles. The summed E-state index contributed by atoms with van der Waals surface area (Å²) in [6.07, 6.45) is 0.735. The van der Waals surface area contributed by atoms with Crippen LogP contribution in [0.1, 0.15) is 26.7 Å². The molecule has 0 spiro atoms. The van der Waals surface area contributed by atoms with Crippen LogP contribution in [0.2, 0.25) is 0 Å². The lowest BCUT2D eigenvalue weighted by Crippen LogP contribution is -2.16. The third kappa shape index (κ3) is 5.59. The Morgan fingerprint density at radius 3 is 2.03 bits per heavy atom. The molecule has 0 saturated heterocycles. The van der Waals surface area contributed by atoms with E-state index in [9.17, 15) is 8.42 Å². The quantitative estimate of drug-likeness (QED) is 0.216. The molecule has 3 atom stereocenters. The molecule has 0 fully saturated rings. The summed E-state index contributed by atoms with van der Waals surface area (Å²) in [7, 11) is -2.23. The largest absolute Gasteiger partial charge is 0.496 e. The van der Waals surface area contributed by atoms with Crippen LogP contribution in [0.5, 0.6) is 5.75 Å². The summed E-state index contributed by atoms with van der Waals surface area (Å²) in [6.45, 7) is 3.82. The number of methoxy groups -OCH3 is 1. The van der Waals surface area contributed by atoms with Crippen molar-refractivity contribution < 1.29 is 21.9 Å². The Morgan fingerprint density at radius 1 is 0.824 bits per heavy atom. The lowest BCUT2D eigenvalue weighted by molar-refractivity contribution is 0.186. The van der Waals surface area contributed by atoms with E-state index >= 15 is 0 Å². The van der Waals surface area contributed by atoms with Gasteiger partial charge in [0.1, 0.15) is 5.75 Å². The van der Waals surface area contributed by atoms with Crippen molar-refractivity contribution in [3.05, 3.63) is 72.8 Å². The molecule has 0 saturated carbocycles. The van der Waals surface area contributed by atoms with Gasteiger partial charge in [0.05, 0.1) is 13.2 Å². The summed E-state index contributed by atoms with van der Waals surface area (Å²) in [6, 6.07) is 25.2. The molecule has 4 aromatic carbocycles. The molecule has 4 aromatic rings. The van der Waals surface area contributed by atoms with Crippen molar-refractivity contribution in [1.82, 2.24) is 0 Å². The van der Waals surface area contributed by atoms with E-state index in [0.717, 1.165) is 28.5 Å². The summed E-state index contributed by atoms with van der Waals surface area (Å²) in [5.41, 5.74) is 2.57. The smallest absolute Gasteiger partial charge is 0.397 e. The normalized spacial score (nSPS) is 14.1. The first-order valence-corrected chi connectivity index (χ1v) is 13.7.